The fourth-order valence-electron chi connectivity index (χ4n) is 1.13. The topological polar surface area (TPSA) is 60.2 Å². The van der Waals surface area contributed by atoms with Crippen LogP contribution in [0.1, 0.15) is 11.1 Å². The molecule has 0 unspecified atom stereocenters. The van der Waals surface area contributed by atoms with Gasteiger partial charge in [-0.25, -0.2) is 8.42 Å². The van der Waals surface area contributed by atoms with E-state index in [-0.39, 0.29) is 4.90 Å². The molecule has 0 bridgehead atoms. The summed E-state index contributed by atoms with van der Waals surface area (Å²) in [7, 11) is -3.20. The van der Waals surface area contributed by atoms with E-state index >= 15 is 0 Å². The lowest BCUT2D eigenvalue weighted by Gasteiger charge is -2.07. The summed E-state index contributed by atoms with van der Waals surface area (Å²) in [5.74, 6) is 0. The van der Waals surface area contributed by atoms with Gasteiger partial charge in [0.25, 0.3) is 0 Å². The monoisotopic (exact) mass is 199 g/mol. The van der Waals surface area contributed by atoms with Crippen molar-refractivity contribution in [3.63, 3.8) is 0 Å². The molecule has 0 saturated heterocycles. The number of rotatable bonds is 1. The van der Waals surface area contributed by atoms with Crippen molar-refractivity contribution < 1.29 is 8.42 Å². The van der Waals surface area contributed by atoms with Gasteiger partial charge >= 0.3 is 0 Å². The summed E-state index contributed by atoms with van der Waals surface area (Å²) >= 11 is 0. The van der Waals surface area contributed by atoms with Gasteiger partial charge in [-0.15, -0.1) is 0 Å². The second kappa shape index (κ2) is 3.03. The number of aryl methyl sites for hydroxylation is 2. The van der Waals surface area contributed by atoms with Crippen molar-refractivity contribution in [2.45, 2.75) is 18.7 Å². The molecule has 0 aliphatic rings. The molecule has 0 aliphatic heterocycles. The highest BCUT2D eigenvalue weighted by atomic mass is 32.2. The zero-order chi connectivity index (χ0) is 10.2. The highest BCUT2D eigenvalue weighted by Crippen LogP contribution is 2.22. The number of benzene rings is 1. The summed E-state index contributed by atoms with van der Waals surface area (Å²) in [6.45, 7) is 3.77. The van der Waals surface area contributed by atoms with E-state index in [4.69, 9.17) is 5.73 Å². The number of hydrogen-bond acceptors (Lipinski definition) is 3. The van der Waals surface area contributed by atoms with E-state index in [2.05, 4.69) is 0 Å². The molecule has 4 heteroatoms. The first-order valence-electron chi connectivity index (χ1n) is 3.89. The molecule has 72 valence electrons. The molecule has 0 saturated carbocycles. The summed E-state index contributed by atoms with van der Waals surface area (Å²) in [6, 6.07) is 3.30. The first-order chi connectivity index (χ1) is 5.82. The smallest absolute Gasteiger partial charge is 0.177 e. The minimum Gasteiger partial charge on any atom is -0.398 e. The number of nitrogens with two attached hydrogens (primary N) is 1. The molecule has 0 amide bonds. The Balaban J connectivity index is 3.50. The van der Waals surface area contributed by atoms with Crippen LogP contribution in [-0.2, 0) is 9.84 Å². The van der Waals surface area contributed by atoms with Crippen LogP contribution in [-0.4, -0.2) is 14.7 Å². The minimum absolute atomic E-state index is 0.218. The van der Waals surface area contributed by atoms with Crippen LogP contribution in [0.3, 0.4) is 0 Å². The van der Waals surface area contributed by atoms with Crippen LogP contribution in [0.5, 0.6) is 0 Å². The molecule has 2 N–H and O–H groups in total. The van der Waals surface area contributed by atoms with Gasteiger partial charge in [0.15, 0.2) is 9.84 Å². The maximum Gasteiger partial charge on any atom is 0.177 e. The molecule has 0 heterocycles. The first kappa shape index (κ1) is 10.1. The number of sulfone groups is 1. The van der Waals surface area contributed by atoms with Crippen molar-refractivity contribution in [2.24, 2.45) is 0 Å². The van der Waals surface area contributed by atoms with Gasteiger partial charge in [0.1, 0.15) is 0 Å². The fourth-order valence-corrected chi connectivity index (χ4v) is 2.01. The van der Waals surface area contributed by atoms with Gasteiger partial charge < -0.3 is 5.73 Å². The molecule has 0 aromatic heterocycles. The molecule has 0 aliphatic carbocycles. The Labute approximate surface area is 78.5 Å². The van der Waals surface area contributed by atoms with E-state index in [0.29, 0.717) is 5.69 Å². The molecule has 0 spiro atoms. The molecule has 0 fully saturated rings. The van der Waals surface area contributed by atoms with E-state index in [1.165, 1.54) is 0 Å². The van der Waals surface area contributed by atoms with Crippen LogP contribution in [0.25, 0.3) is 0 Å². The number of hydrogen-bond donors (Lipinski definition) is 1. The summed E-state index contributed by atoms with van der Waals surface area (Å²) < 4.78 is 22.5. The SMILES string of the molecule is Cc1cc(N)c(S(C)(=O)=O)cc1C. The van der Waals surface area contributed by atoms with Gasteiger partial charge in [-0.05, 0) is 37.1 Å². The third kappa shape index (κ3) is 2.01. The Bertz CT molecular complexity index is 435. The molecule has 3 nitrogen and oxygen atoms in total. The lowest BCUT2D eigenvalue weighted by molar-refractivity contribution is 0.602. The van der Waals surface area contributed by atoms with Crippen LogP contribution in [0, 0.1) is 13.8 Å². The van der Waals surface area contributed by atoms with Crippen molar-refractivity contribution in [1.82, 2.24) is 0 Å². The molecular formula is C9H13NO2S. The van der Waals surface area contributed by atoms with Crippen molar-refractivity contribution in [2.75, 3.05) is 12.0 Å². The summed E-state index contributed by atoms with van der Waals surface area (Å²) in [6.07, 6.45) is 1.16. The van der Waals surface area contributed by atoms with Crippen molar-refractivity contribution >= 4 is 15.5 Å². The van der Waals surface area contributed by atoms with E-state index in [9.17, 15) is 8.42 Å². The van der Waals surface area contributed by atoms with E-state index in [1.54, 1.807) is 12.1 Å². The standard InChI is InChI=1S/C9H13NO2S/c1-6-4-8(10)9(5-7(6)2)13(3,11)12/h4-5H,10H2,1-3H3. The largest absolute Gasteiger partial charge is 0.398 e. The number of nitrogen functional groups attached to an aromatic ring is 1. The van der Waals surface area contributed by atoms with Crippen LogP contribution >= 0.6 is 0 Å². The molecule has 1 aromatic carbocycles. The lowest BCUT2D eigenvalue weighted by atomic mass is 10.1. The average molecular weight is 199 g/mol. The Morgan fingerprint density at radius 3 is 2.08 bits per heavy atom. The van der Waals surface area contributed by atoms with Gasteiger partial charge in [-0.2, -0.15) is 0 Å². The van der Waals surface area contributed by atoms with Crippen LogP contribution < -0.4 is 5.73 Å². The van der Waals surface area contributed by atoms with Crippen molar-refractivity contribution in [1.29, 1.82) is 0 Å². The van der Waals surface area contributed by atoms with E-state index in [1.807, 2.05) is 13.8 Å². The summed E-state index contributed by atoms with van der Waals surface area (Å²) in [5.41, 5.74) is 7.87. The predicted octanol–water partition coefficient (Wildman–Crippen LogP) is 1.29. The molecule has 1 aromatic rings. The van der Waals surface area contributed by atoms with Gasteiger partial charge in [0.05, 0.1) is 10.6 Å². The summed E-state index contributed by atoms with van der Waals surface area (Å²) in [4.78, 5) is 0.218. The molecule has 1 rings (SSSR count). The maximum atomic E-state index is 11.2. The quantitative estimate of drug-likeness (QED) is 0.693. The maximum absolute atomic E-state index is 11.2. The number of anilines is 1. The third-order valence-corrected chi connectivity index (χ3v) is 3.18. The highest BCUT2D eigenvalue weighted by Gasteiger charge is 2.12. The van der Waals surface area contributed by atoms with Crippen molar-refractivity contribution in [3.05, 3.63) is 23.3 Å². The molecular weight excluding hydrogens is 186 g/mol. The Morgan fingerprint density at radius 1 is 1.15 bits per heavy atom. The fraction of sp³-hybridized carbons (Fsp3) is 0.333. The van der Waals surface area contributed by atoms with Gasteiger partial charge in [0.2, 0.25) is 0 Å². The second-order valence-electron chi connectivity index (χ2n) is 3.25. The molecule has 0 radical (unpaired) electrons. The van der Waals surface area contributed by atoms with Crippen LogP contribution in [0.4, 0.5) is 5.69 Å². The Kier molecular flexibility index (Phi) is 2.34. The van der Waals surface area contributed by atoms with E-state index in [0.717, 1.165) is 17.4 Å². The predicted molar refractivity (Wildman–Crippen MR) is 53.4 cm³/mol. The van der Waals surface area contributed by atoms with Crippen molar-refractivity contribution in [3.8, 4) is 0 Å². The van der Waals surface area contributed by atoms with E-state index < -0.39 is 9.84 Å². The second-order valence-corrected chi connectivity index (χ2v) is 5.23. The summed E-state index contributed by atoms with van der Waals surface area (Å²) in [5, 5.41) is 0. The first-order valence-corrected chi connectivity index (χ1v) is 5.78. The Hall–Kier alpha value is -1.03. The third-order valence-electron chi connectivity index (χ3n) is 2.03. The normalized spacial score (nSPS) is 11.6. The van der Waals surface area contributed by atoms with Crippen LogP contribution in [0.2, 0.25) is 0 Å². The van der Waals surface area contributed by atoms with Gasteiger partial charge in [0, 0.05) is 6.26 Å². The van der Waals surface area contributed by atoms with Gasteiger partial charge in [-0.1, -0.05) is 0 Å². The Morgan fingerprint density at radius 2 is 1.62 bits per heavy atom. The zero-order valence-corrected chi connectivity index (χ0v) is 8.77. The molecule has 13 heavy (non-hydrogen) atoms. The van der Waals surface area contributed by atoms with Crippen LogP contribution in [0.15, 0.2) is 17.0 Å². The van der Waals surface area contributed by atoms with Gasteiger partial charge in [-0.3, -0.25) is 0 Å². The minimum atomic E-state index is -3.20. The lowest BCUT2D eigenvalue weighted by Crippen LogP contribution is -2.03. The highest BCUT2D eigenvalue weighted by molar-refractivity contribution is 7.90. The zero-order valence-electron chi connectivity index (χ0n) is 7.96. The molecule has 0 atom stereocenters. The average Bonchev–Trinajstić information content (AvgIpc) is 1.94.